The zero-order chi connectivity index (χ0) is 29.0. The summed E-state index contributed by atoms with van der Waals surface area (Å²) in [6.45, 7) is 5.88. The summed E-state index contributed by atoms with van der Waals surface area (Å²) in [5.41, 5.74) is 0.872. The van der Waals surface area contributed by atoms with Crippen LogP contribution in [-0.2, 0) is 26.0 Å². The molecule has 2 atom stereocenters. The quantitative estimate of drug-likeness (QED) is 0.507. The molecule has 0 radical (unpaired) electrons. The third-order valence-electron chi connectivity index (χ3n) is 9.61. The van der Waals surface area contributed by atoms with Gasteiger partial charge in [-0.1, -0.05) is 49.4 Å². The van der Waals surface area contributed by atoms with Crippen LogP contribution in [0.4, 0.5) is 4.79 Å². The number of hydrogen-bond acceptors (Lipinski definition) is 6. The van der Waals surface area contributed by atoms with E-state index in [0.29, 0.717) is 37.4 Å². The average Bonchev–Trinajstić information content (AvgIpc) is 3.51. The molecule has 3 heterocycles. The highest BCUT2D eigenvalue weighted by Gasteiger charge is 2.53. The van der Waals surface area contributed by atoms with Crippen molar-refractivity contribution < 1.29 is 22.8 Å². The Hall–Kier alpha value is -3.24. The first-order valence-electron chi connectivity index (χ1n) is 14.5. The van der Waals surface area contributed by atoms with Gasteiger partial charge in [-0.3, -0.25) is 14.5 Å². The fraction of sp³-hybridized carbons (Fsp3) is 0.516. The molecule has 0 bridgehead atoms. The van der Waals surface area contributed by atoms with E-state index in [4.69, 9.17) is 0 Å². The van der Waals surface area contributed by atoms with Crippen LogP contribution < -0.4 is 5.32 Å². The number of hydrogen-bond donors (Lipinski definition) is 1. The molecule has 3 aliphatic heterocycles. The normalized spacial score (nSPS) is 25.5. The molecule has 2 aromatic carbocycles. The molecule has 0 aromatic heterocycles. The van der Waals surface area contributed by atoms with Gasteiger partial charge in [0.15, 0.2) is 9.84 Å². The van der Waals surface area contributed by atoms with Crippen molar-refractivity contribution in [3.05, 3.63) is 65.7 Å². The Morgan fingerprint density at radius 3 is 2.22 bits per heavy atom. The van der Waals surface area contributed by atoms with E-state index < -0.39 is 21.4 Å². The largest absolute Gasteiger partial charge is 0.341 e. The van der Waals surface area contributed by atoms with Gasteiger partial charge in [-0.25, -0.2) is 13.2 Å². The van der Waals surface area contributed by atoms with Crippen molar-refractivity contribution in [2.24, 2.45) is 11.3 Å². The topological polar surface area (TPSA) is 107 Å². The van der Waals surface area contributed by atoms with E-state index in [2.05, 4.69) is 46.3 Å². The molecule has 2 aromatic rings. The summed E-state index contributed by atoms with van der Waals surface area (Å²) < 4.78 is 23.5. The van der Waals surface area contributed by atoms with E-state index in [1.54, 1.807) is 12.1 Å². The summed E-state index contributed by atoms with van der Waals surface area (Å²) >= 11 is 0. The maximum Gasteiger partial charge on any atom is 0.325 e. The maximum absolute atomic E-state index is 13.5. The third kappa shape index (κ3) is 5.39. The highest BCUT2D eigenvalue weighted by Crippen LogP contribution is 2.48. The molecule has 41 heavy (non-hydrogen) atoms. The van der Waals surface area contributed by atoms with Crippen molar-refractivity contribution in [1.82, 2.24) is 20.0 Å². The van der Waals surface area contributed by atoms with Crippen LogP contribution in [0.25, 0.3) is 0 Å². The van der Waals surface area contributed by atoms with Gasteiger partial charge < -0.3 is 15.1 Å². The van der Waals surface area contributed by atoms with E-state index in [1.807, 2.05) is 6.07 Å². The number of sulfone groups is 1. The van der Waals surface area contributed by atoms with E-state index in [0.717, 1.165) is 38.7 Å². The lowest BCUT2D eigenvalue weighted by Crippen LogP contribution is -2.55. The number of urea groups is 1. The first-order chi connectivity index (χ1) is 19.5. The van der Waals surface area contributed by atoms with E-state index >= 15 is 0 Å². The molecule has 4 amide bonds. The van der Waals surface area contributed by atoms with Crippen LogP contribution in [0.15, 0.2) is 59.5 Å². The molecule has 9 nitrogen and oxygen atoms in total. The number of nitrogens with zero attached hydrogens (tertiary/aromatic N) is 3. The Morgan fingerprint density at radius 1 is 0.951 bits per heavy atom. The molecular formula is C31H38N4O5S. The van der Waals surface area contributed by atoms with E-state index in [-0.39, 0.29) is 34.6 Å². The van der Waals surface area contributed by atoms with Gasteiger partial charge in [0.05, 0.1) is 11.4 Å². The van der Waals surface area contributed by atoms with E-state index in [1.165, 1.54) is 22.6 Å². The van der Waals surface area contributed by atoms with Crippen LogP contribution >= 0.6 is 0 Å². The van der Waals surface area contributed by atoms with Gasteiger partial charge >= 0.3 is 6.03 Å². The maximum atomic E-state index is 13.5. The van der Waals surface area contributed by atoms with Crippen molar-refractivity contribution in [1.29, 1.82) is 0 Å². The fourth-order valence-corrected chi connectivity index (χ4v) is 7.35. The molecule has 1 aliphatic carbocycles. The summed E-state index contributed by atoms with van der Waals surface area (Å²) in [4.78, 5) is 45.5. The summed E-state index contributed by atoms with van der Waals surface area (Å²) in [7, 11) is -3.32. The Morgan fingerprint density at radius 2 is 1.61 bits per heavy atom. The number of benzene rings is 2. The molecule has 1 saturated carbocycles. The molecule has 218 valence electrons. The molecular weight excluding hydrogens is 540 g/mol. The second-order valence-corrected chi connectivity index (χ2v) is 14.7. The van der Waals surface area contributed by atoms with Gasteiger partial charge in [0.25, 0.3) is 5.91 Å². The molecule has 0 unspecified atom stereocenters. The van der Waals surface area contributed by atoms with Crippen molar-refractivity contribution in [2.45, 2.75) is 55.5 Å². The molecule has 6 rings (SSSR count). The number of rotatable bonds is 7. The lowest BCUT2D eigenvalue weighted by atomic mass is 9.85. The van der Waals surface area contributed by atoms with Crippen LogP contribution in [0, 0.1) is 11.3 Å². The molecule has 1 N–H and O–H groups in total. The number of carbonyl (C=O) groups is 3. The van der Waals surface area contributed by atoms with Crippen LogP contribution in [0.5, 0.6) is 0 Å². The lowest BCUT2D eigenvalue weighted by Gasteiger charge is -2.38. The SMILES string of the molecule is CC1(C(=O)N2C[C@H](CN3CCC4(CC3)NC(=O)N(Cc3ccc(S(C)(=O)=O)cc3)C4=O)[C@@H](c3ccccc3)C2)CC1. The standard InChI is InChI=1S/C31H38N4O5S/c1-30(12-13-30)27(36)34-20-24(26(21-34)23-6-4-3-5-7-23)19-33-16-14-31(15-17-33)28(37)35(29(38)32-31)18-22-8-10-25(11-9-22)41(2,39)40/h3-11,24,26H,12-21H2,1-2H3,(H,32,38)/t24-,26+/m0/s1. The number of amides is 4. The smallest absolute Gasteiger partial charge is 0.325 e. The van der Waals surface area contributed by atoms with Gasteiger partial charge in [0.1, 0.15) is 5.54 Å². The van der Waals surface area contributed by atoms with Gasteiger partial charge in [-0.2, -0.15) is 0 Å². The van der Waals surface area contributed by atoms with Crippen molar-refractivity contribution in [3.63, 3.8) is 0 Å². The number of piperidine rings is 1. The molecule has 4 fully saturated rings. The van der Waals surface area contributed by atoms with Crippen molar-refractivity contribution >= 4 is 27.7 Å². The minimum atomic E-state index is -3.32. The van der Waals surface area contributed by atoms with Crippen LogP contribution in [-0.4, -0.2) is 85.5 Å². The minimum Gasteiger partial charge on any atom is -0.341 e. The first kappa shape index (κ1) is 27.9. The first-order valence-corrected chi connectivity index (χ1v) is 16.4. The monoisotopic (exact) mass is 578 g/mol. The van der Waals surface area contributed by atoms with Crippen molar-refractivity contribution in [2.75, 3.05) is 39.0 Å². The summed E-state index contributed by atoms with van der Waals surface area (Å²) in [5, 5.41) is 2.98. The number of imide groups is 1. The number of nitrogens with one attached hydrogen (secondary N) is 1. The summed E-state index contributed by atoms with van der Waals surface area (Å²) in [6, 6.07) is 16.3. The minimum absolute atomic E-state index is 0.101. The number of carbonyl (C=O) groups excluding carboxylic acids is 3. The van der Waals surface area contributed by atoms with E-state index in [9.17, 15) is 22.8 Å². The van der Waals surface area contributed by atoms with Crippen LogP contribution in [0.2, 0.25) is 0 Å². The predicted molar refractivity (Wildman–Crippen MR) is 154 cm³/mol. The van der Waals surface area contributed by atoms with Crippen molar-refractivity contribution in [3.8, 4) is 0 Å². The summed E-state index contributed by atoms with van der Waals surface area (Å²) in [6.07, 6.45) is 4.16. The average molecular weight is 579 g/mol. The van der Waals surface area contributed by atoms with Gasteiger partial charge in [-0.15, -0.1) is 0 Å². The van der Waals surface area contributed by atoms with Gasteiger partial charge in [0, 0.05) is 50.3 Å². The molecule has 1 spiro atoms. The highest BCUT2D eigenvalue weighted by molar-refractivity contribution is 7.90. The zero-order valence-electron chi connectivity index (χ0n) is 23.7. The lowest BCUT2D eigenvalue weighted by molar-refractivity contribution is -0.135. The van der Waals surface area contributed by atoms with Gasteiger partial charge in [-0.05, 0) is 54.9 Å². The zero-order valence-corrected chi connectivity index (χ0v) is 24.5. The second kappa shape index (κ2) is 10.2. The number of likely N-dealkylation sites (tertiary alicyclic amines) is 2. The molecule has 4 aliphatic rings. The van der Waals surface area contributed by atoms with Gasteiger partial charge in [0.2, 0.25) is 5.91 Å². The Balaban J connectivity index is 1.10. The van der Waals surface area contributed by atoms with Crippen LogP contribution in [0.1, 0.15) is 49.7 Å². The Kier molecular flexibility index (Phi) is 6.97. The Labute approximate surface area is 241 Å². The Bertz CT molecular complexity index is 1450. The fourth-order valence-electron chi connectivity index (χ4n) is 6.72. The third-order valence-corrected chi connectivity index (χ3v) is 10.7. The molecule has 3 saturated heterocycles. The second-order valence-electron chi connectivity index (χ2n) is 12.7. The highest BCUT2D eigenvalue weighted by atomic mass is 32.2. The summed E-state index contributed by atoms with van der Waals surface area (Å²) in [5.74, 6) is 0.643. The predicted octanol–water partition coefficient (Wildman–Crippen LogP) is 3.02. The molecule has 10 heteroatoms. The van der Waals surface area contributed by atoms with Crippen LogP contribution in [0.3, 0.4) is 0 Å².